The lowest BCUT2D eigenvalue weighted by atomic mass is 10.2. The first-order valence-electron chi connectivity index (χ1n) is 3.40. The maximum Gasteiger partial charge on any atom is 0.105 e. The first-order chi connectivity index (χ1) is 5.66. The first kappa shape index (κ1) is 11.3. The summed E-state index contributed by atoms with van der Waals surface area (Å²) in [5.41, 5.74) is 0.715. The van der Waals surface area contributed by atoms with E-state index in [2.05, 4.69) is 0 Å². The van der Waals surface area contributed by atoms with Crippen LogP contribution in [-0.4, -0.2) is 4.84 Å². The summed E-state index contributed by atoms with van der Waals surface area (Å²) in [5, 5.41) is 8.29. The Hall–Kier alpha value is -0.710. The predicted molar refractivity (Wildman–Crippen MR) is 52.3 cm³/mol. The highest BCUT2D eigenvalue weighted by molar-refractivity contribution is 6.43. The molecule has 0 N–H and O–H groups in total. The highest BCUT2D eigenvalue weighted by Gasteiger charge is 1.79. The average molecular weight is 202 g/mol. The van der Waals surface area contributed by atoms with E-state index >= 15 is 0 Å². The van der Waals surface area contributed by atoms with Crippen LogP contribution in [0.5, 0.6) is 0 Å². The number of rotatable bonds is 0. The predicted octanol–water partition coefficient (Wildman–Crippen LogP) is 3.37. The zero-order valence-corrected chi connectivity index (χ0v) is 8.18. The SMILES string of the molecule is CC(Cl)Cl.N#Cc1ccccc1. The maximum absolute atomic E-state index is 8.29. The summed E-state index contributed by atoms with van der Waals surface area (Å²) < 4.78 is 0. The molecule has 1 nitrogen and oxygen atoms in total. The van der Waals surface area contributed by atoms with Gasteiger partial charge in [-0.1, -0.05) is 18.2 Å². The van der Waals surface area contributed by atoms with E-state index in [1.165, 1.54) is 0 Å². The Morgan fingerprint density at radius 1 is 1.25 bits per heavy atom. The van der Waals surface area contributed by atoms with Gasteiger partial charge in [0.05, 0.1) is 11.6 Å². The fourth-order valence-electron chi connectivity index (χ4n) is 0.513. The Bertz CT molecular complexity index is 236. The van der Waals surface area contributed by atoms with Gasteiger partial charge in [-0.05, 0) is 19.1 Å². The standard InChI is InChI=1S/C7H5N.C2H4Cl2/c8-6-7-4-2-1-3-5-7;1-2(3)4/h1-5H;2H,1H3. The number of nitrogens with zero attached hydrogens (tertiary/aromatic N) is 1. The normalized spacial score (nSPS) is 8.25. The van der Waals surface area contributed by atoms with Crippen LogP contribution in [0.2, 0.25) is 0 Å². The maximum atomic E-state index is 8.29. The highest BCUT2D eigenvalue weighted by Crippen LogP contribution is 1.95. The Labute approximate surface area is 82.5 Å². The van der Waals surface area contributed by atoms with Crippen molar-refractivity contribution in [1.82, 2.24) is 0 Å². The second-order valence-electron chi connectivity index (χ2n) is 2.00. The first-order valence-corrected chi connectivity index (χ1v) is 4.27. The lowest BCUT2D eigenvalue weighted by molar-refractivity contribution is 1.39. The molecule has 3 heteroatoms. The fourth-order valence-corrected chi connectivity index (χ4v) is 0.513. The van der Waals surface area contributed by atoms with Crippen LogP contribution in [0.4, 0.5) is 0 Å². The van der Waals surface area contributed by atoms with Gasteiger partial charge in [0.1, 0.15) is 4.84 Å². The Balaban J connectivity index is 0.000000261. The second kappa shape index (κ2) is 6.97. The minimum absolute atomic E-state index is 0.222. The van der Waals surface area contributed by atoms with Crippen molar-refractivity contribution in [3.63, 3.8) is 0 Å². The van der Waals surface area contributed by atoms with Crippen molar-refractivity contribution in [2.45, 2.75) is 11.8 Å². The molecule has 1 rings (SSSR count). The molecule has 0 unspecified atom stereocenters. The molecule has 0 aromatic heterocycles. The molecule has 0 fully saturated rings. The summed E-state index contributed by atoms with van der Waals surface area (Å²) in [4.78, 5) is -0.222. The van der Waals surface area contributed by atoms with Crippen LogP contribution in [0.15, 0.2) is 30.3 Å². The third kappa shape index (κ3) is 7.40. The number of hydrogen-bond acceptors (Lipinski definition) is 1. The lowest BCUT2D eigenvalue weighted by Crippen LogP contribution is -1.66. The van der Waals surface area contributed by atoms with Gasteiger partial charge in [-0.25, -0.2) is 0 Å². The summed E-state index contributed by atoms with van der Waals surface area (Å²) in [6, 6.07) is 11.2. The van der Waals surface area contributed by atoms with Crippen LogP contribution in [0.3, 0.4) is 0 Å². The minimum atomic E-state index is -0.222. The van der Waals surface area contributed by atoms with Gasteiger partial charge in [0.25, 0.3) is 0 Å². The zero-order valence-electron chi connectivity index (χ0n) is 6.67. The van der Waals surface area contributed by atoms with Crippen LogP contribution in [0.25, 0.3) is 0 Å². The van der Waals surface area contributed by atoms with E-state index in [0.29, 0.717) is 5.56 Å². The van der Waals surface area contributed by atoms with Crippen molar-refractivity contribution < 1.29 is 0 Å². The quantitative estimate of drug-likeness (QED) is 0.591. The summed E-state index contributed by atoms with van der Waals surface area (Å²) in [7, 11) is 0. The van der Waals surface area contributed by atoms with Crippen molar-refractivity contribution in [3.8, 4) is 6.07 Å². The number of nitriles is 1. The third-order valence-corrected chi connectivity index (χ3v) is 0.903. The summed E-state index contributed by atoms with van der Waals surface area (Å²) in [5.74, 6) is 0. The van der Waals surface area contributed by atoms with E-state index in [9.17, 15) is 0 Å². The van der Waals surface area contributed by atoms with Gasteiger partial charge < -0.3 is 0 Å². The lowest BCUT2D eigenvalue weighted by Gasteiger charge is -1.80. The molecule has 0 spiro atoms. The van der Waals surface area contributed by atoms with E-state index in [0.717, 1.165) is 0 Å². The summed E-state index contributed by atoms with van der Waals surface area (Å²) in [6.45, 7) is 1.70. The van der Waals surface area contributed by atoms with Gasteiger partial charge in [0, 0.05) is 0 Å². The molecule has 0 radical (unpaired) electrons. The van der Waals surface area contributed by atoms with E-state index in [1.807, 2.05) is 24.3 Å². The fraction of sp³-hybridized carbons (Fsp3) is 0.222. The molecule has 0 atom stereocenters. The van der Waals surface area contributed by atoms with Crippen LogP contribution in [0, 0.1) is 11.3 Å². The Kier molecular flexibility index (Phi) is 6.55. The molecule has 0 amide bonds. The monoisotopic (exact) mass is 201 g/mol. The van der Waals surface area contributed by atoms with E-state index in [1.54, 1.807) is 19.1 Å². The molecular weight excluding hydrogens is 193 g/mol. The van der Waals surface area contributed by atoms with Crippen LogP contribution in [-0.2, 0) is 0 Å². The number of benzene rings is 1. The largest absolute Gasteiger partial charge is 0.192 e. The van der Waals surface area contributed by atoms with E-state index < -0.39 is 0 Å². The molecule has 1 aromatic rings. The van der Waals surface area contributed by atoms with Gasteiger partial charge in [0.2, 0.25) is 0 Å². The van der Waals surface area contributed by atoms with Crippen LogP contribution in [0.1, 0.15) is 12.5 Å². The molecule has 0 heterocycles. The van der Waals surface area contributed by atoms with Gasteiger partial charge in [0.15, 0.2) is 0 Å². The molecular formula is C9H9Cl2N. The summed E-state index contributed by atoms with van der Waals surface area (Å²) >= 11 is 10.1. The highest BCUT2D eigenvalue weighted by atomic mass is 35.5. The van der Waals surface area contributed by atoms with Crippen molar-refractivity contribution in [2.24, 2.45) is 0 Å². The van der Waals surface area contributed by atoms with Gasteiger partial charge in [-0.3, -0.25) is 0 Å². The molecule has 0 bridgehead atoms. The van der Waals surface area contributed by atoms with Crippen LogP contribution < -0.4 is 0 Å². The molecule has 0 aliphatic rings. The van der Waals surface area contributed by atoms with Gasteiger partial charge in [-0.2, -0.15) is 5.26 Å². The zero-order chi connectivity index (χ0) is 9.40. The van der Waals surface area contributed by atoms with Crippen molar-refractivity contribution in [3.05, 3.63) is 35.9 Å². The Morgan fingerprint density at radius 2 is 1.67 bits per heavy atom. The van der Waals surface area contributed by atoms with Gasteiger partial charge in [-0.15, -0.1) is 23.2 Å². The topological polar surface area (TPSA) is 23.8 Å². The molecule has 0 saturated carbocycles. The molecule has 1 aromatic carbocycles. The molecule has 0 aliphatic carbocycles. The minimum Gasteiger partial charge on any atom is -0.192 e. The average Bonchev–Trinajstić information content (AvgIpc) is 2.05. The number of halogens is 2. The second-order valence-corrected chi connectivity index (χ2v) is 3.53. The molecule has 64 valence electrons. The van der Waals surface area contributed by atoms with E-state index in [4.69, 9.17) is 28.5 Å². The van der Waals surface area contributed by atoms with Crippen molar-refractivity contribution >= 4 is 23.2 Å². The van der Waals surface area contributed by atoms with Gasteiger partial charge >= 0.3 is 0 Å². The summed E-state index contributed by atoms with van der Waals surface area (Å²) in [6.07, 6.45) is 0. The van der Waals surface area contributed by atoms with Crippen molar-refractivity contribution in [1.29, 1.82) is 5.26 Å². The molecule has 0 saturated heterocycles. The smallest absolute Gasteiger partial charge is 0.105 e. The third-order valence-electron chi connectivity index (χ3n) is 0.903. The van der Waals surface area contributed by atoms with Crippen molar-refractivity contribution in [2.75, 3.05) is 0 Å². The van der Waals surface area contributed by atoms with E-state index in [-0.39, 0.29) is 4.84 Å². The Morgan fingerprint density at radius 3 is 1.92 bits per heavy atom. The number of alkyl halides is 2. The van der Waals surface area contributed by atoms with Crippen LogP contribution >= 0.6 is 23.2 Å². The molecule has 0 aliphatic heterocycles. The molecule has 12 heavy (non-hydrogen) atoms. The number of hydrogen-bond donors (Lipinski definition) is 0.